The van der Waals surface area contributed by atoms with E-state index in [2.05, 4.69) is 26.3 Å². The Morgan fingerprint density at radius 2 is 2.44 bits per heavy atom. The van der Waals surface area contributed by atoms with Crippen molar-refractivity contribution in [2.45, 2.75) is 6.54 Å². The van der Waals surface area contributed by atoms with E-state index in [4.69, 9.17) is 0 Å². The van der Waals surface area contributed by atoms with Gasteiger partial charge in [0.05, 0.1) is 22.1 Å². The van der Waals surface area contributed by atoms with Crippen LogP contribution in [0.4, 0.5) is 0 Å². The van der Waals surface area contributed by atoms with Crippen molar-refractivity contribution in [1.29, 1.82) is 0 Å². The molecule has 1 amide bonds. The number of aryl methyl sites for hydroxylation is 1. The largest absolute Gasteiger partial charge is 0.347 e. The molecular formula is C10H10BrN3OS. The minimum Gasteiger partial charge on any atom is -0.347 e. The maximum atomic E-state index is 11.7. The van der Waals surface area contributed by atoms with Crippen LogP contribution in [-0.2, 0) is 13.6 Å². The topological polar surface area (TPSA) is 46.9 Å². The second kappa shape index (κ2) is 4.80. The number of nitrogens with zero attached hydrogens (tertiary/aromatic N) is 2. The first-order chi connectivity index (χ1) is 7.65. The van der Waals surface area contributed by atoms with Crippen LogP contribution >= 0.6 is 27.3 Å². The molecule has 0 aromatic carbocycles. The molecule has 0 radical (unpaired) electrons. The third-order valence-electron chi connectivity index (χ3n) is 2.02. The lowest BCUT2D eigenvalue weighted by molar-refractivity contribution is 0.0951. The van der Waals surface area contributed by atoms with Gasteiger partial charge in [-0.1, -0.05) is 0 Å². The van der Waals surface area contributed by atoms with Crippen molar-refractivity contribution in [3.8, 4) is 0 Å². The third-order valence-corrected chi connectivity index (χ3v) is 3.64. The number of thiophene rings is 1. The van der Waals surface area contributed by atoms with E-state index >= 15 is 0 Å². The number of nitrogens with one attached hydrogen (secondary N) is 1. The number of halogens is 1. The lowest BCUT2D eigenvalue weighted by Crippen LogP contribution is -2.21. The van der Waals surface area contributed by atoms with Crippen molar-refractivity contribution in [2.24, 2.45) is 7.05 Å². The Balaban J connectivity index is 1.93. The van der Waals surface area contributed by atoms with Gasteiger partial charge in [-0.15, -0.1) is 11.3 Å². The van der Waals surface area contributed by atoms with Gasteiger partial charge in [-0.25, -0.2) is 0 Å². The Hall–Kier alpha value is -1.14. The fourth-order valence-electron chi connectivity index (χ4n) is 1.25. The highest BCUT2D eigenvalue weighted by Crippen LogP contribution is 2.21. The van der Waals surface area contributed by atoms with Gasteiger partial charge in [0.2, 0.25) is 0 Å². The summed E-state index contributed by atoms with van der Waals surface area (Å²) in [5.41, 5.74) is 0.582. The summed E-state index contributed by atoms with van der Waals surface area (Å²) in [6.07, 6.45) is 3.25. The van der Waals surface area contributed by atoms with Crippen molar-refractivity contribution >= 4 is 33.2 Å². The number of rotatable bonds is 3. The standard InChI is InChI=1S/C10H10BrN3OS/c1-14-6-7(4-13-14)10(15)12-5-8-2-3-9(11)16-8/h2-4,6H,5H2,1H3,(H,12,15). The van der Waals surface area contributed by atoms with Crippen LogP contribution in [-0.4, -0.2) is 15.7 Å². The molecule has 2 heterocycles. The van der Waals surface area contributed by atoms with Crippen LogP contribution in [0.15, 0.2) is 28.3 Å². The molecule has 4 nitrogen and oxygen atoms in total. The maximum absolute atomic E-state index is 11.7. The van der Waals surface area contributed by atoms with Gasteiger partial charge in [-0.05, 0) is 28.1 Å². The molecule has 2 aromatic heterocycles. The van der Waals surface area contributed by atoms with Crippen LogP contribution in [0.25, 0.3) is 0 Å². The molecule has 1 N–H and O–H groups in total. The Labute approximate surface area is 105 Å². The zero-order valence-corrected chi connectivity index (χ0v) is 11.0. The SMILES string of the molecule is Cn1cc(C(=O)NCc2ccc(Br)s2)cn1. The Morgan fingerprint density at radius 1 is 1.62 bits per heavy atom. The molecule has 0 fully saturated rings. The number of carbonyl (C=O) groups is 1. The van der Waals surface area contributed by atoms with Crippen LogP contribution in [0.2, 0.25) is 0 Å². The predicted molar refractivity (Wildman–Crippen MR) is 66.4 cm³/mol. The first kappa shape index (κ1) is 11.3. The third kappa shape index (κ3) is 2.70. The van der Waals surface area contributed by atoms with Gasteiger partial charge in [0.25, 0.3) is 5.91 Å². The Morgan fingerprint density at radius 3 is 3.00 bits per heavy atom. The lowest BCUT2D eigenvalue weighted by Gasteiger charge is -2.00. The highest BCUT2D eigenvalue weighted by molar-refractivity contribution is 9.11. The van der Waals surface area contributed by atoms with Crippen molar-refractivity contribution in [3.63, 3.8) is 0 Å². The molecule has 0 aliphatic rings. The molecule has 6 heteroatoms. The van der Waals surface area contributed by atoms with Crippen LogP contribution < -0.4 is 5.32 Å². The van der Waals surface area contributed by atoms with E-state index in [9.17, 15) is 4.79 Å². The smallest absolute Gasteiger partial charge is 0.254 e. The van der Waals surface area contributed by atoms with Gasteiger partial charge < -0.3 is 5.32 Å². The second-order valence-corrected chi connectivity index (χ2v) is 5.84. The van der Waals surface area contributed by atoms with E-state index in [-0.39, 0.29) is 5.91 Å². The first-order valence-corrected chi connectivity index (χ1v) is 6.27. The van der Waals surface area contributed by atoms with Crippen LogP contribution in [0.3, 0.4) is 0 Å². The average Bonchev–Trinajstić information content (AvgIpc) is 2.84. The zero-order valence-electron chi connectivity index (χ0n) is 8.61. The van der Waals surface area contributed by atoms with Crippen LogP contribution in [0.1, 0.15) is 15.2 Å². The fourth-order valence-corrected chi connectivity index (χ4v) is 2.68. The van der Waals surface area contributed by atoms with Gasteiger partial charge in [-0.3, -0.25) is 9.48 Å². The summed E-state index contributed by atoms with van der Waals surface area (Å²) in [6, 6.07) is 3.95. The van der Waals surface area contributed by atoms with Crippen LogP contribution in [0, 0.1) is 0 Å². The number of hydrogen-bond acceptors (Lipinski definition) is 3. The summed E-state index contributed by atoms with van der Waals surface area (Å²) in [5, 5.41) is 6.79. The van der Waals surface area contributed by atoms with E-state index in [0.29, 0.717) is 12.1 Å². The van der Waals surface area contributed by atoms with E-state index < -0.39 is 0 Å². The summed E-state index contributed by atoms with van der Waals surface area (Å²) >= 11 is 4.99. The Bertz CT molecular complexity index is 506. The summed E-state index contributed by atoms with van der Waals surface area (Å²) < 4.78 is 2.68. The Kier molecular flexibility index (Phi) is 3.40. The zero-order chi connectivity index (χ0) is 11.5. The highest BCUT2D eigenvalue weighted by Gasteiger charge is 2.07. The molecule has 2 aromatic rings. The minimum absolute atomic E-state index is 0.0994. The molecule has 0 saturated carbocycles. The average molecular weight is 300 g/mol. The predicted octanol–water partition coefficient (Wildman–Crippen LogP) is 2.17. The number of amides is 1. The normalized spacial score (nSPS) is 10.4. The van der Waals surface area contributed by atoms with Gasteiger partial charge in [0, 0.05) is 18.1 Å². The van der Waals surface area contributed by atoms with Crippen molar-refractivity contribution in [1.82, 2.24) is 15.1 Å². The highest BCUT2D eigenvalue weighted by atomic mass is 79.9. The van der Waals surface area contributed by atoms with Crippen molar-refractivity contribution < 1.29 is 4.79 Å². The van der Waals surface area contributed by atoms with Crippen molar-refractivity contribution in [2.75, 3.05) is 0 Å². The van der Waals surface area contributed by atoms with E-state index in [1.54, 1.807) is 35.5 Å². The van der Waals surface area contributed by atoms with E-state index in [1.165, 1.54) is 0 Å². The minimum atomic E-state index is -0.0994. The summed E-state index contributed by atoms with van der Waals surface area (Å²) in [4.78, 5) is 12.8. The fraction of sp³-hybridized carbons (Fsp3) is 0.200. The van der Waals surface area contributed by atoms with E-state index in [0.717, 1.165) is 8.66 Å². The quantitative estimate of drug-likeness (QED) is 0.944. The monoisotopic (exact) mass is 299 g/mol. The molecule has 0 unspecified atom stereocenters. The van der Waals surface area contributed by atoms with Crippen molar-refractivity contribution in [3.05, 3.63) is 38.8 Å². The lowest BCUT2D eigenvalue weighted by atomic mass is 10.3. The van der Waals surface area contributed by atoms with Gasteiger partial charge in [0.15, 0.2) is 0 Å². The second-order valence-electron chi connectivity index (χ2n) is 3.29. The first-order valence-electron chi connectivity index (χ1n) is 4.66. The molecule has 0 aliphatic heterocycles. The van der Waals surface area contributed by atoms with E-state index in [1.807, 2.05) is 12.1 Å². The van der Waals surface area contributed by atoms with Crippen LogP contribution in [0.5, 0.6) is 0 Å². The molecule has 0 bridgehead atoms. The summed E-state index contributed by atoms with van der Waals surface area (Å²) in [5.74, 6) is -0.0994. The number of carbonyl (C=O) groups excluding carboxylic acids is 1. The maximum Gasteiger partial charge on any atom is 0.254 e. The molecule has 2 rings (SSSR count). The van der Waals surface area contributed by atoms with Gasteiger partial charge >= 0.3 is 0 Å². The molecule has 0 spiro atoms. The molecular weight excluding hydrogens is 290 g/mol. The van der Waals surface area contributed by atoms with Gasteiger partial charge in [-0.2, -0.15) is 5.10 Å². The molecule has 16 heavy (non-hydrogen) atoms. The number of hydrogen-bond donors (Lipinski definition) is 1. The summed E-state index contributed by atoms with van der Waals surface area (Å²) in [6.45, 7) is 0.546. The molecule has 0 aliphatic carbocycles. The molecule has 0 atom stereocenters. The summed E-state index contributed by atoms with van der Waals surface area (Å²) in [7, 11) is 1.78. The number of aromatic nitrogens is 2. The molecule has 0 saturated heterocycles. The molecule has 84 valence electrons. The van der Waals surface area contributed by atoms with Gasteiger partial charge in [0.1, 0.15) is 0 Å².